The number of esters is 1. The Morgan fingerprint density at radius 1 is 1.15 bits per heavy atom. The summed E-state index contributed by atoms with van der Waals surface area (Å²) in [6, 6.07) is 5.62. The molecule has 9 heteroatoms. The molecular formula is C18H24N2O6S. The summed E-state index contributed by atoms with van der Waals surface area (Å²) >= 11 is 0. The van der Waals surface area contributed by atoms with E-state index in [1.807, 2.05) is 0 Å². The second-order valence-corrected chi connectivity index (χ2v) is 8.17. The predicted octanol–water partition coefficient (Wildman–Crippen LogP) is 0.969. The van der Waals surface area contributed by atoms with Gasteiger partial charge in [0.2, 0.25) is 15.9 Å². The number of nitrogens with one attached hydrogen (secondary N) is 1. The van der Waals surface area contributed by atoms with Gasteiger partial charge >= 0.3 is 5.97 Å². The summed E-state index contributed by atoms with van der Waals surface area (Å²) < 4.78 is 31.6. The van der Waals surface area contributed by atoms with Gasteiger partial charge < -0.3 is 9.64 Å². The van der Waals surface area contributed by atoms with Crippen LogP contribution in [0.15, 0.2) is 29.2 Å². The molecule has 2 rings (SSSR count). The minimum atomic E-state index is -3.75. The number of amides is 1. The minimum absolute atomic E-state index is 0.0213. The number of sulfonamides is 1. The maximum Gasteiger partial charge on any atom is 0.308 e. The number of Topliss-reactive ketones (excluding diaryl/α,β-unsaturated/α-hetero) is 1. The molecule has 0 saturated carbocycles. The van der Waals surface area contributed by atoms with Gasteiger partial charge in [0, 0.05) is 31.6 Å². The fourth-order valence-electron chi connectivity index (χ4n) is 2.93. The molecule has 1 heterocycles. The molecular weight excluding hydrogens is 372 g/mol. The van der Waals surface area contributed by atoms with Crippen molar-refractivity contribution in [2.24, 2.45) is 5.92 Å². The number of rotatable bonds is 7. The first kappa shape index (κ1) is 21.0. The Kier molecular flexibility index (Phi) is 7.09. The predicted molar refractivity (Wildman–Crippen MR) is 97.6 cm³/mol. The zero-order valence-electron chi connectivity index (χ0n) is 15.4. The van der Waals surface area contributed by atoms with Gasteiger partial charge in [-0.2, -0.15) is 0 Å². The molecule has 1 N–H and O–H groups in total. The lowest BCUT2D eigenvalue weighted by Gasteiger charge is -2.30. The molecule has 0 aromatic heterocycles. The lowest BCUT2D eigenvalue weighted by Crippen LogP contribution is -2.41. The van der Waals surface area contributed by atoms with Gasteiger partial charge in [-0.3, -0.25) is 14.4 Å². The largest absolute Gasteiger partial charge is 0.469 e. The van der Waals surface area contributed by atoms with Crippen LogP contribution in [-0.4, -0.2) is 57.7 Å². The summed E-state index contributed by atoms with van der Waals surface area (Å²) in [7, 11) is -2.40. The topological polar surface area (TPSA) is 110 Å². The zero-order chi connectivity index (χ0) is 20.0. The summed E-state index contributed by atoms with van der Waals surface area (Å²) in [6.07, 6.45) is 1.13. The highest BCUT2D eigenvalue weighted by molar-refractivity contribution is 7.89. The third kappa shape index (κ3) is 5.61. The second kappa shape index (κ2) is 9.09. The monoisotopic (exact) mass is 396 g/mol. The molecule has 0 bridgehead atoms. The van der Waals surface area contributed by atoms with Gasteiger partial charge in [-0.25, -0.2) is 13.1 Å². The molecule has 8 nitrogen and oxygen atoms in total. The van der Waals surface area contributed by atoms with Gasteiger partial charge in [-0.05, 0) is 31.9 Å². The van der Waals surface area contributed by atoms with Gasteiger partial charge in [-0.15, -0.1) is 0 Å². The number of likely N-dealkylation sites (tertiary alicyclic amines) is 1. The van der Waals surface area contributed by atoms with Crippen LogP contribution in [0.25, 0.3) is 0 Å². The normalized spacial score (nSPS) is 15.4. The van der Waals surface area contributed by atoms with Gasteiger partial charge in [0.15, 0.2) is 5.78 Å². The van der Waals surface area contributed by atoms with Crippen LogP contribution >= 0.6 is 0 Å². The van der Waals surface area contributed by atoms with Crippen molar-refractivity contribution in [1.82, 2.24) is 9.62 Å². The van der Waals surface area contributed by atoms with Crippen LogP contribution in [0.5, 0.6) is 0 Å². The van der Waals surface area contributed by atoms with Crippen LogP contribution in [0.4, 0.5) is 0 Å². The SMILES string of the molecule is COC(=O)C1CCN(C(=O)CCNS(=O)(=O)c2ccc(C(C)=O)cc2)CC1. The minimum Gasteiger partial charge on any atom is -0.469 e. The van der Waals surface area contributed by atoms with E-state index in [2.05, 4.69) is 4.72 Å². The fourth-order valence-corrected chi connectivity index (χ4v) is 3.97. The maximum absolute atomic E-state index is 12.2. The summed E-state index contributed by atoms with van der Waals surface area (Å²) in [5, 5.41) is 0. The number of piperidine rings is 1. The second-order valence-electron chi connectivity index (χ2n) is 6.41. The lowest BCUT2D eigenvalue weighted by atomic mass is 9.97. The van der Waals surface area contributed by atoms with Crippen molar-refractivity contribution < 1.29 is 27.5 Å². The number of methoxy groups -OCH3 is 1. The highest BCUT2D eigenvalue weighted by Crippen LogP contribution is 2.19. The quantitative estimate of drug-likeness (QED) is 0.543. The summed E-state index contributed by atoms with van der Waals surface area (Å²) in [4.78, 5) is 36.6. The number of nitrogens with zero attached hydrogens (tertiary/aromatic N) is 1. The average Bonchev–Trinajstić information content (AvgIpc) is 2.67. The first-order valence-electron chi connectivity index (χ1n) is 8.71. The highest BCUT2D eigenvalue weighted by Gasteiger charge is 2.27. The van der Waals surface area contributed by atoms with Crippen molar-refractivity contribution in [2.45, 2.75) is 31.1 Å². The van der Waals surface area contributed by atoms with Crippen LogP contribution in [0.2, 0.25) is 0 Å². The van der Waals surface area contributed by atoms with Crippen molar-refractivity contribution in [3.05, 3.63) is 29.8 Å². The third-order valence-electron chi connectivity index (χ3n) is 4.58. The molecule has 0 radical (unpaired) electrons. The molecule has 0 atom stereocenters. The number of carbonyl (C=O) groups is 3. The van der Waals surface area contributed by atoms with Crippen molar-refractivity contribution in [3.63, 3.8) is 0 Å². The molecule has 1 saturated heterocycles. The Bertz CT molecular complexity index is 796. The number of hydrogen-bond acceptors (Lipinski definition) is 6. The smallest absolute Gasteiger partial charge is 0.308 e. The van der Waals surface area contributed by atoms with Crippen molar-refractivity contribution >= 4 is 27.7 Å². The van der Waals surface area contributed by atoms with Crippen LogP contribution in [-0.2, 0) is 24.3 Å². The Labute approximate surface area is 158 Å². The first-order chi connectivity index (χ1) is 12.7. The molecule has 1 fully saturated rings. The van der Waals surface area contributed by atoms with E-state index >= 15 is 0 Å². The fraction of sp³-hybridized carbons (Fsp3) is 0.500. The first-order valence-corrected chi connectivity index (χ1v) is 10.2. The van der Waals surface area contributed by atoms with Gasteiger partial charge in [0.1, 0.15) is 0 Å². The van der Waals surface area contributed by atoms with E-state index in [-0.39, 0.29) is 41.4 Å². The Morgan fingerprint density at radius 3 is 2.26 bits per heavy atom. The van der Waals surface area contributed by atoms with Crippen molar-refractivity contribution in [1.29, 1.82) is 0 Å². The number of benzene rings is 1. The van der Waals surface area contributed by atoms with Crippen molar-refractivity contribution in [2.75, 3.05) is 26.7 Å². The molecule has 27 heavy (non-hydrogen) atoms. The van der Waals surface area contributed by atoms with Gasteiger partial charge in [-0.1, -0.05) is 12.1 Å². The van der Waals surface area contributed by atoms with Crippen molar-refractivity contribution in [3.8, 4) is 0 Å². The number of ether oxygens (including phenoxy) is 1. The molecule has 148 valence electrons. The molecule has 1 aromatic rings. The molecule has 1 amide bonds. The third-order valence-corrected chi connectivity index (χ3v) is 6.06. The van der Waals surface area contributed by atoms with Gasteiger partial charge in [0.05, 0.1) is 17.9 Å². The molecule has 1 aliphatic heterocycles. The summed E-state index contributed by atoms with van der Waals surface area (Å²) in [5.74, 6) is -0.748. The van der Waals surface area contributed by atoms with Crippen LogP contribution in [0, 0.1) is 5.92 Å². The average molecular weight is 396 g/mol. The Hall–Kier alpha value is -2.26. The summed E-state index contributed by atoms with van der Waals surface area (Å²) in [5.41, 5.74) is 0.430. The maximum atomic E-state index is 12.2. The van der Waals surface area contributed by atoms with E-state index in [0.29, 0.717) is 31.5 Å². The molecule has 1 aromatic carbocycles. The van der Waals surface area contributed by atoms with E-state index in [9.17, 15) is 22.8 Å². The van der Waals surface area contributed by atoms with E-state index < -0.39 is 10.0 Å². The number of ketones is 1. The van der Waals surface area contributed by atoms with E-state index in [4.69, 9.17) is 4.74 Å². The van der Waals surface area contributed by atoms with E-state index in [1.54, 1.807) is 4.90 Å². The number of carbonyl (C=O) groups excluding carboxylic acids is 3. The van der Waals surface area contributed by atoms with Gasteiger partial charge in [0.25, 0.3) is 0 Å². The van der Waals surface area contributed by atoms with E-state index in [0.717, 1.165) is 0 Å². The Morgan fingerprint density at radius 2 is 1.74 bits per heavy atom. The zero-order valence-corrected chi connectivity index (χ0v) is 16.3. The van der Waals surface area contributed by atoms with Crippen LogP contribution < -0.4 is 4.72 Å². The summed E-state index contributed by atoms with van der Waals surface area (Å²) in [6.45, 7) is 2.30. The number of hydrogen-bond donors (Lipinski definition) is 1. The standard InChI is InChI=1S/C18H24N2O6S/c1-13(21)14-3-5-16(6-4-14)27(24,25)19-10-7-17(22)20-11-8-15(9-12-20)18(23)26-2/h3-6,15,19H,7-12H2,1-2H3. The molecule has 1 aliphatic rings. The van der Waals surface area contributed by atoms with E-state index in [1.165, 1.54) is 38.3 Å². The molecule has 0 aliphatic carbocycles. The van der Waals surface area contributed by atoms with Crippen LogP contribution in [0.1, 0.15) is 36.5 Å². The highest BCUT2D eigenvalue weighted by atomic mass is 32.2. The Balaban J connectivity index is 1.82. The molecule has 0 unspecified atom stereocenters. The van der Waals surface area contributed by atoms with Crippen LogP contribution in [0.3, 0.4) is 0 Å². The lowest BCUT2D eigenvalue weighted by molar-refractivity contribution is -0.148. The molecule has 0 spiro atoms.